The number of nitrogens with zero attached hydrogens (tertiary/aromatic N) is 1. The molecule has 0 bridgehead atoms. The lowest BCUT2D eigenvalue weighted by Crippen LogP contribution is -2.20. The average Bonchev–Trinajstić information content (AvgIpc) is 3.20. The van der Waals surface area contributed by atoms with Crippen LogP contribution in [-0.2, 0) is 5.41 Å². The lowest BCUT2D eigenvalue weighted by atomic mass is 9.88. The van der Waals surface area contributed by atoms with Gasteiger partial charge in [-0.1, -0.05) is 30.3 Å². The Kier molecular flexibility index (Phi) is 2.51. The third kappa shape index (κ3) is 1.74. The van der Waals surface area contributed by atoms with Gasteiger partial charge in [-0.25, -0.2) is 0 Å². The molecule has 0 atom stereocenters. The minimum atomic E-state index is -0.281. The quantitative estimate of drug-likeness (QED) is 0.767. The first-order valence-electron chi connectivity index (χ1n) is 6.24. The molecule has 0 N–H and O–H groups in total. The minimum absolute atomic E-state index is 0.213. The maximum Gasteiger partial charge on any atom is 0.174 e. The highest BCUT2D eigenvalue weighted by molar-refractivity contribution is 6.06. The summed E-state index contributed by atoms with van der Waals surface area (Å²) in [5, 5.41) is 0. The fourth-order valence-electron chi connectivity index (χ4n) is 2.48. The van der Waals surface area contributed by atoms with Crippen LogP contribution in [0.4, 0.5) is 0 Å². The van der Waals surface area contributed by atoms with Gasteiger partial charge in [0.15, 0.2) is 5.78 Å². The predicted molar refractivity (Wildman–Crippen MR) is 70.7 cm³/mol. The van der Waals surface area contributed by atoms with Gasteiger partial charge in [0, 0.05) is 18.0 Å². The van der Waals surface area contributed by atoms with Gasteiger partial charge >= 0.3 is 0 Å². The highest BCUT2D eigenvalue weighted by Crippen LogP contribution is 2.50. The minimum Gasteiger partial charge on any atom is -0.293 e. The average molecular weight is 237 g/mol. The van der Waals surface area contributed by atoms with Crippen molar-refractivity contribution in [3.8, 4) is 0 Å². The van der Waals surface area contributed by atoms with Crippen LogP contribution in [0, 0.1) is 6.92 Å². The molecule has 90 valence electrons. The first kappa shape index (κ1) is 11.1. The molecule has 0 saturated heterocycles. The highest BCUT2D eigenvalue weighted by atomic mass is 16.1. The number of hydrogen-bond donors (Lipinski definition) is 0. The molecule has 0 amide bonds. The summed E-state index contributed by atoms with van der Waals surface area (Å²) in [5.41, 5.74) is 2.62. The highest BCUT2D eigenvalue weighted by Gasteiger charge is 2.51. The van der Waals surface area contributed by atoms with Crippen LogP contribution < -0.4 is 0 Å². The maximum atomic E-state index is 12.6. The summed E-state index contributed by atoms with van der Waals surface area (Å²) in [6.45, 7) is 1.96. The van der Waals surface area contributed by atoms with E-state index in [-0.39, 0.29) is 11.2 Å². The Morgan fingerprint density at radius 1 is 1.17 bits per heavy atom. The molecule has 1 aliphatic carbocycles. The van der Waals surface area contributed by atoms with Crippen LogP contribution in [0.15, 0.2) is 48.8 Å². The van der Waals surface area contributed by atoms with E-state index in [4.69, 9.17) is 0 Å². The Bertz CT molecular complexity index is 585. The smallest absolute Gasteiger partial charge is 0.174 e. The summed E-state index contributed by atoms with van der Waals surface area (Å²) in [6.07, 6.45) is 5.35. The molecular formula is C16H15NO. The molecule has 0 spiro atoms. The van der Waals surface area contributed by atoms with Gasteiger partial charge in [0.05, 0.1) is 5.41 Å². The molecule has 0 aliphatic heterocycles. The van der Waals surface area contributed by atoms with Crippen molar-refractivity contribution in [2.75, 3.05) is 0 Å². The number of pyridine rings is 1. The van der Waals surface area contributed by atoms with E-state index in [2.05, 4.69) is 4.98 Å². The van der Waals surface area contributed by atoms with Crippen molar-refractivity contribution in [3.63, 3.8) is 0 Å². The second-order valence-electron chi connectivity index (χ2n) is 5.03. The molecule has 2 heteroatoms. The zero-order valence-electron chi connectivity index (χ0n) is 10.4. The van der Waals surface area contributed by atoms with Crippen LogP contribution >= 0.6 is 0 Å². The van der Waals surface area contributed by atoms with Crippen molar-refractivity contribution in [3.05, 3.63) is 65.5 Å². The summed E-state index contributed by atoms with van der Waals surface area (Å²) in [4.78, 5) is 16.8. The number of carbonyl (C=O) groups is 1. The van der Waals surface area contributed by atoms with Crippen molar-refractivity contribution in [2.24, 2.45) is 0 Å². The van der Waals surface area contributed by atoms with Crippen molar-refractivity contribution < 1.29 is 4.79 Å². The van der Waals surface area contributed by atoms with Crippen LogP contribution in [0.5, 0.6) is 0 Å². The van der Waals surface area contributed by atoms with Crippen molar-refractivity contribution in [2.45, 2.75) is 25.2 Å². The van der Waals surface area contributed by atoms with Crippen molar-refractivity contribution in [1.29, 1.82) is 0 Å². The lowest BCUT2D eigenvalue weighted by molar-refractivity contribution is 0.0945. The molecule has 1 aromatic carbocycles. The summed E-state index contributed by atoms with van der Waals surface area (Å²) in [6, 6.07) is 12.0. The first-order valence-corrected chi connectivity index (χ1v) is 6.24. The molecule has 18 heavy (non-hydrogen) atoms. The van der Waals surface area contributed by atoms with E-state index in [0.29, 0.717) is 0 Å². The number of hydrogen-bond acceptors (Lipinski definition) is 2. The zero-order chi connectivity index (χ0) is 12.6. The summed E-state index contributed by atoms with van der Waals surface area (Å²) >= 11 is 0. The molecule has 1 heterocycles. The fraction of sp³-hybridized carbons (Fsp3) is 0.250. The third-order valence-electron chi connectivity index (χ3n) is 3.65. The van der Waals surface area contributed by atoms with Gasteiger partial charge in [0.2, 0.25) is 0 Å². The normalized spacial score (nSPS) is 16.3. The molecular weight excluding hydrogens is 222 g/mol. The standard InChI is InChI=1S/C16H15NO/c1-12-9-13(11-17-10-12)15(18)16(7-8-16)14-5-3-2-4-6-14/h2-6,9-11H,7-8H2,1H3. The summed E-state index contributed by atoms with van der Waals surface area (Å²) in [7, 11) is 0. The zero-order valence-corrected chi connectivity index (χ0v) is 10.4. The first-order chi connectivity index (χ1) is 8.72. The maximum absolute atomic E-state index is 12.6. The number of aromatic nitrogens is 1. The molecule has 0 radical (unpaired) electrons. The van der Waals surface area contributed by atoms with Crippen LogP contribution in [0.1, 0.15) is 34.3 Å². The van der Waals surface area contributed by atoms with Crippen LogP contribution in [-0.4, -0.2) is 10.8 Å². The van der Waals surface area contributed by atoms with Gasteiger partial charge < -0.3 is 0 Å². The van der Waals surface area contributed by atoms with Gasteiger partial charge in [0.1, 0.15) is 0 Å². The fourth-order valence-corrected chi connectivity index (χ4v) is 2.48. The van der Waals surface area contributed by atoms with E-state index >= 15 is 0 Å². The van der Waals surface area contributed by atoms with Crippen LogP contribution in [0.25, 0.3) is 0 Å². The van der Waals surface area contributed by atoms with Crippen molar-refractivity contribution in [1.82, 2.24) is 4.98 Å². The number of Topliss-reactive ketones (excluding diaryl/α,β-unsaturated/α-hetero) is 1. The largest absolute Gasteiger partial charge is 0.293 e. The Balaban J connectivity index is 1.98. The number of ketones is 1. The van der Waals surface area contributed by atoms with Gasteiger partial charge in [-0.15, -0.1) is 0 Å². The van der Waals surface area contributed by atoms with E-state index in [1.807, 2.05) is 43.3 Å². The molecule has 2 aromatic rings. The van der Waals surface area contributed by atoms with Gasteiger partial charge in [-0.2, -0.15) is 0 Å². The number of rotatable bonds is 3. The Morgan fingerprint density at radius 2 is 1.89 bits per heavy atom. The van der Waals surface area contributed by atoms with E-state index in [0.717, 1.165) is 29.5 Å². The summed E-state index contributed by atoms with van der Waals surface area (Å²) in [5.74, 6) is 0.213. The Morgan fingerprint density at radius 3 is 2.50 bits per heavy atom. The molecule has 1 aliphatic rings. The second-order valence-corrected chi connectivity index (χ2v) is 5.03. The Labute approximate surface area is 107 Å². The predicted octanol–water partition coefficient (Wildman–Crippen LogP) is 3.30. The molecule has 1 aromatic heterocycles. The van der Waals surface area contributed by atoms with Gasteiger partial charge in [0.25, 0.3) is 0 Å². The van der Waals surface area contributed by atoms with Crippen LogP contribution in [0.2, 0.25) is 0 Å². The Hall–Kier alpha value is -1.96. The third-order valence-corrected chi connectivity index (χ3v) is 3.65. The molecule has 3 rings (SSSR count). The number of aryl methyl sites for hydroxylation is 1. The van der Waals surface area contributed by atoms with E-state index in [9.17, 15) is 4.79 Å². The van der Waals surface area contributed by atoms with Crippen molar-refractivity contribution >= 4 is 5.78 Å². The van der Waals surface area contributed by atoms with Gasteiger partial charge in [-0.05, 0) is 37.0 Å². The monoisotopic (exact) mass is 237 g/mol. The molecule has 2 nitrogen and oxygen atoms in total. The number of carbonyl (C=O) groups excluding carboxylic acids is 1. The molecule has 0 unspecified atom stereocenters. The summed E-state index contributed by atoms with van der Waals surface area (Å²) < 4.78 is 0. The van der Waals surface area contributed by atoms with E-state index in [1.54, 1.807) is 12.4 Å². The lowest BCUT2D eigenvalue weighted by Gasteiger charge is -2.14. The molecule has 1 fully saturated rings. The van der Waals surface area contributed by atoms with Crippen LogP contribution in [0.3, 0.4) is 0 Å². The number of benzene rings is 1. The van der Waals surface area contributed by atoms with E-state index in [1.165, 1.54) is 0 Å². The SMILES string of the molecule is Cc1cncc(C(=O)C2(c3ccccc3)CC2)c1. The second kappa shape index (κ2) is 4.05. The molecule has 1 saturated carbocycles. The van der Waals surface area contributed by atoms with E-state index < -0.39 is 0 Å². The van der Waals surface area contributed by atoms with Gasteiger partial charge in [-0.3, -0.25) is 9.78 Å². The topological polar surface area (TPSA) is 30.0 Å².